The van der Waals surface area contributed by atoms with Gasteiger partial charge in [0.1, 0.15) is 11.1 Å². The number of piperidine rings is 1. The average molecular weight is 820 g/mol. The first-order chi connectivity index (χ1) is 28.1. The van der Waals surface area contributed by atoms with Crippen molar-refractivity contribution in [1.82, 2.24) is 19.6 Å². The Bertz CT molecular complexity index is 1870. The number of carbonyl (C=O) groups excluding carboxylic acids is 2. The number of morpholine rings is 1. The molecule has 58 heavy (non-hydrogen) atoms. The summed E-state index contributed by atoms with van der Waals surface area (Å²) in [5, 5.41) is -0.582. The number of hydrogen-bond acceptors (Lipinski definition) is 10. The van der Waals surface area contributed by atoms with E-state index in [0.29, 0.717) is 48.8 Å². The Morgan fingerprint density at radius 1 is 0.879 bits per heavy atom. The van der Waals surface area contributed by atoms with Crippen molar-refractivity contribution in [3.63, 3.8) is 0 Å². The van der Waals surface area contributed by atoms with E-state index < -0.39 is 15.1 Å². The minimum absolute atomic E-state index is 0.138. The summed E-state index contributed by atoms with van der Waals surface area (Å²) in [5.74, 6) is 1.01. The number of halogens is 1. The van der Waals surface area contributed by atoms with Crippen LogP contribution in [0.15, 0.2) is 65.6 Å². The molecular weight excluding hydrogens is 758 g/mol. The van der Waals surface area contributed by atoms with Gasteiger partial charge in [0.2, 0.25) is 5.91 Å². The molecule has 2 aromatic rings. The molecule has 1 aliphatic carbocycles. The number of anilines is 1. The van der Waals surface area contributed by atoms with E-state index in [-0.39, 0.29) is 42.1 Å². The van der Waals surface area contributed by atoms with Gasteiger partial charge in [-0.05, 0) is 118 Å². The van der Waals surface area contributed by atoms with E-state index >= 15 is 4.39 Å². The SMILES string of the molecule is COC(=O)C[C@H]1CCC[C@@H]1[C@](CN1CCC1)(c1cccc(F)c1)C1CCN(CC2CN(c3ccc(S(=O)(=O)C4CN(C(=O)/C=C/CN5CCOCC5)C4)cc3)C2)CC1. The number of likely N-dealkylation sites (tertiary alicyclic amines) is 3. The summed E-state index contributed by atoms with van der Waals surface area (Å²) >= 11 is 0. The molecule has 0 aromatic heterocycles. The highest BCUT2D eigenvalue weighted by atomic mass is 32.2. The Morgan fingerprint density at radius 3 is 2.29 bits per heavy atom. The van der Waals surface area contributed by atoms with Crippen LogP contribution in [-0.2, 0) is 34.3 Å². The first kappa shape index (κ1) is 41.4. The van der Waals surface area contributed by atoms with Gasteiger partial charge in [-0.25, -0.2) is 12.8 Å². The first-order valence-corrected chi connectivity index (χ1v) is 23.3. The van der Waals surface area contributed by atoms with Crippen LogP contribution in [0, 0.1) is 29.5 Å². The Kier molecular flexibility index (Phi) is 12.9. The molecule has 0 N–H and O–H groups in total. The van der Waals surface area contributed by atoms with Gasteiger partial charge in [-0.1, -0.05) is 24.6 Å². The van der Waals surface area contributed by atoms with Crippen LogP contribution in [0.3, 0.4) is 0 Å². The zero-order chi connectivity index (χ0) is 40.3. The predicted octanol–water partition coefficient (Wildman–Crippen LogP) is 4.47. The summed E-state index contributed by atoms with van der Waals surface area (Å²) in [4.78, 5) is 36.9. The van der Waals surface area contributed by atoms with Crippen LogP contribution < -0.4 is 4.90 Å². The highest BCUT2D eigenvalue weighted by Gasteiger charge is 2.53. The Labute approximate surface area is 344 Å². The van der Waals surface area contributed by atoms with Crippen molar-refractivity contribution in [1.29, 1.82) is 0 Å². The molecule has 13 heteroatoms. The third kappa shape index (κ3) is 8.89. The fraction of sp³-hybridized carbons (Fsp3) is 0.644. The fourth-order valence-corrected chi connectivity index (χ4v) is 12.6. The summed E-state index contributed by atoms with van der Waals surface area (Å²) in [5.41, 5.74) is 1.93. The molecule has 0 unspecified atom stereocenters. The zero-order valence-electron chi connectivity index (χ0n) is 34.2. The molecule has 1 saturated carbocycles. The van der Waals surface area contributed by atoms with Gasteiger partial charge in [0, 0.05) is 88.4 Å². The maximum Gasteiger partial charge on any atom is 0.305 e. The van der Waals surface area contributed by atoms with Crippen LogP contribution in [0.25, 0.3) is 0 Å². The van der Waals surface area contributed by atoms with Crippen molar-refractivity contribution < 1.29 is 31.9 Å². The maximum absolute atomic E-state index is 15.0. The molecule has 0 radical (unpaired) electrons. The summed E-state index contributed by atoms with van der Waals surface area (Å²) < 4.78 is 52.4. The molecule has 5 saturated heterocycles. The minimum atomic E-state index is -3.53. The number of esters is 1. The summed E-state index contributed by atoms with van der Waals surface area (Å²) in [6.45, 7) is 12.2. The molecule has 8 rings (SSSR count). The lowest BCUT2D eigenvalue weighted by atomic mass is 9.56. The number of benzene rings is 2. The Hall–Kier alpha value is -3.36. The van der Waals surface area contributed by atoms with Gasteiger partial charge in [0.05, 0.1) is 25.2 Å². The molecular formula is C45H62FN5O6S. The molecule has 0 spiro atoms. The van der Waals surface area contributed by atoms with Crippen molar-refractivity contribution >= 4 is 27.4 Å². The molecule has 6 aliphatic rings. The average Bonchev–Trinajstić information content (AvgIpc) is 3.64. The molecule has 0 bridgehead atoms. The number of hydrogen-bond donors (Lipinski definition) is 0. The minimum Gasteiger partial charge on any atom is -0.469 e. The van der Waals surface area contributed by atoms with Crippen LogP contribution in [0.4, 0.5) is 10.1 Å². The third-order valence-corrected chi connectivity index (χ3v) is 16.5. The van der Waals surface area contributed by atoms with Crippen LogP contribution in [0.5, 0.6) is 0 Å². The summed E-state index contributed by atoms with van der Waals surface area (Å²) in [6.07, 6.45) is 10.3. The number of nitrogens with zero attached hydrogens (tertiary/aromatic N) is 5. The predicted molar refractivity (Wildman–Crippen MR) is 222 cm³/mol. The highest BCUT2D eigenvalue weighted by Crippen LogP contribution is 2.54. The van der Waals surface area contributed by atoms with Crippen molar-refractivity contribution in [2.24, 2.45) is 23.7 Å². The lowest BCUT2D eigenvalue weighted by molar-refractivity contribution is -0.142. The quantitative estimate of drug-likeness (QED) is 0.189. The van der Waals surface area contributed by atoms with E-state index in [1.54, 1.807) is 35.2 Å². The molecule has 11 nitrogen and oxygen atoms in total. The van der Waals surface area contributed by atoms with Gasteiger partial charge >= 0.3 is 5.97 Å². The molecule has 5 heterocycles. The molecule has 2 aromatic carbocycles. The number of carbonyl (C=O) groups is 2. The van der Waals surface area contributed by atoms with Crippen LogP contribution in [0.1, 0.15) is 50.5 Å². The molecule has 6 fully saturated rings. The maximum atomic E-state index is 15.0. The van der Waals surface area contributed by atoms with Crippen LogP contribution >= 0.6 is 0 Å². The standard InChI is InChI=1S/C45H62FN5O6S/c1-56-44(53)26-35-6-2-9-42(35)45(33-49-18-5-19-49,37-7-3-8-38(46)27-37)36-15-20-48(21-16-36)28-34-29-50(30-34)39-11-13-40(14-12-39)58(54,55)41-31-51(32-41)43(52)10-4-17-47-22-24-57-25-23-47/h3-4,7-8,10-14,27,34-36,41-42H,2,5-6,9,15-26,28-33H2,1H3/b10-4+/t35-,42+,45+/m1/s1. The normalized spacial score (nSPS) is 25.6. The monoisotopic (exact) mass is 819 g/mol. The van der Waals surface area contributed by atoms with Crippen LogP contribution in [-0.4, -0.2) is 151 Å². The van der Waals surface area contributed by atoms with E-state index in [1.807, 2.05) is 24.3 Å². The first-order valence-electron chi connectivity index (χ1n) is 21.7. The van der Waals surface area contributed by atoms with Gasteiger partial charge in [0.25, 0.3) is 0 Å². The molecule has 316 valence electrons. The smallest absolute Gasteiger partial charge is 0.305 e. The fourth-order valence-electron chi connectivity index (χ4n) is 11.0. The number of methoxy groups -OCH3 is 1. The lowest BCUT2D eigenvalue weighted by Gasteiger charge is -2.54. The summed E-state index contributed by atoms with van der Waals surface area (Å²) in [7, 11) is -2.05. The second-order valence-corrected chi connectivity index (χ2v) is 20.1. The van der Waals surface area contributed by atoms with E-state index in [2.05, 4.69) is 25.7 Å². The van der Waals surface area contributed by atoms with E-state index in [1.165, 1.54) is 13.5 Å². The van der Waals surface area contributed by atoms with E-state index in [9.17, 15) is 18.0 Å². The van der Waals surface area contributed by atoms with Crippen molar-refractivity contribution in [3.05, 3.63) is 72.1 Å². The zero-order valence-corrected chi connectivity index (χ0v) is 35.0. The highest BCUT2D eigenvalue weighted by molar-refractivity contribution is 7.92. The van der Waals surface area contributed by atoms with Crippen molar-refractivity contribution in [3.8, 4) is 0 Å². The number of rotatable bonds is 15. The topological polar surface area (TPSA) is 103 Å². The van der Waals surface area contributed by atoms with Gasteiger partial charge < -0.3 is 29.1 Å². The molecule has 3 atom stereocenters. The van der Waals surface area contributed by atoms with Crippen LogP contribution in [0.2, 0.25) is 0 Å². The molecule has 1 amide bonds. The van der Waals surface area contributed by atoms with Gasteiger partial charge in [-0.15, -0.1) is 0 Å². The molecule has 5 aliphatic heterocycles. The lowest BCUT2D eigenvalue weighted by Crippen LogP contribution is -2.58. The largest absolute Gasteiger partial charge is 0.469 e. The van der Waals surface area contributed by atoms with Crippen molar-refractivity contribution in [2.45, 2.75) is 60.5 Å². The second kappa shape index (κ2) is 18.1. The van der Waals surface area contributed by atoms with Gasteiger partial charge in [0.15, 0.2) is 9.84 Å². The van der Waals surface area contributed by atoms with E-state index in [0.717, 1.165) is 109 Å². The number of sulfone groups is 1. The van der Waals surface area contributed by atoms with Crippen molar-refractivity contribution in [2.75, 3.05) is 110 Å². The number of ether oxygens (including phenoxy) is 2. The van der Waals surface area contributed by atoms with Gasteiger partial charge in [-0.2, -0.15) is 0 Å². The number of amides is 1. The Morgan fingerprint density at radius 2 is 1.62 bits per heavy atom. The second-order valence-electron chi connectivity index (χ2n) is 17.8. The summed E-state index contributed by atoms with van der Waals surface area (Å²) in [6, 6.07) is 14.7. The third-order valence-electron chi connectivity index (χ3n) is 14.4. The van der Waals surface area contributed by atoms with E-state index in [4.69, 9.17) is 9.47 Å². The van der Waals surface area contributed by atoms with Gasteiger partial charge in [-0.3, -0.25) is 14.5 Å². The Balaban J connectivity index is 0.839.